The summed E-state index contributed by atoms with van der Waals surface area (Å²) in [5, 5.41) is 11.1. The number of nitrogens with one attached hydrogen (secondary N) is 1. The molecule has 2 aromatic rings. The molecule has 1 heterocycles. The molecule has 0 fully saturated rings. The van der Waals surface area contributed by atoms with Gasteiger partial charge in [-0.25, -0.2) is 17.9 Å². The van der Waals surface area contributed by atoms with Crippen LogP contribution in [0.2, 0.25) is 0 Å². The van der Waals surface area contributed by atoms with E-state index in [9.17, 15) is 12.8 Å². The lowest BCUT2D eigenvalue weighted by Crippen LogP contribution is -2.12. The fourth-order valence-electron chi connectivity index (χ4n) is 1.33. The van der Waals surface area contributed by atoms with Gasteiger partial charge in [0, 0.05) is 6.07 Å². The second-order valence-corrected chi connectivity index (χ2v) is 5.08. The van der Waals surface area contributed by atoms with Crippen LogP contribution in [0, 0.1) is 5.82 Å². The van der Waals surface area contributed by atoms with Gasteiger partial charge in [-0.05, 0) is 18.2 Å². The lowest BCUT2D eigenvalue weighted by molar-refractivity contribution is 0.388. The first-order valence-corrected chi connectivity index (χ1v) is 6.47. The van der Waals surface area contributed by atoms with Crippen molar-refractivity contribution in [2.45, 2.75) is 11.4 Å². The van der Waals surface area contributed by atoms with Crippen LogP contribution in [0.5, 0.6) is 0 Å². The normalized spacial score (nSPS) is 11.4. The predicted octanol–water partition coefficient (Wildman–Crippen LogP) is 1.07. The molecular formula is C10H10FN3O3S. The van der Waals surface area contributed by atoms with Crippen LogP contribution in [0.15, 0.2) is 39.9 Å². The van der Waals surface area contributed by atoms with E-state index in [1.165, 1.54) is 18.3 Å². The number of nitrogens with zero attached hydrogens (tertiary/aromatic N) is 1. The lowest BCUT2D eigenvalue weighted by Gasteiger charge is -2.06. The number of halogens is 1. The molecule has 1 aromatic carbocycles. The molecule has 0 aliphatic rings. The quantitative estimate of drug-likeness (QED) is 0.866. The summed E-state index contributed by atoms with van der Waals surface area (Å²) in [5.74, 6) is -0.175. The smallest absolute Gasteiger partial charge is 0.238 e. The third-order valence-corrected chi connectivity index (χ3v) is 3.12. The van der Waals surface area contributed by atoms with Crippen molar-refractivity contribution < 1.29 is 17.3 Å². The highest BCUT2D eigenvalue weighted by Gasteiger charge is 2.11. The Morgan fingerprint density at radius 3 is 2.72 bits per heavy atom. The third kappa shape index (κ3) is 2.84. The van der Waals surface area contributed by atoms with Crippen molar-refractivity contribution >= 4 is 15.7 Å². The third-order valence-electron chi connectivity index (χ3n) is 2.21. The molecule has 3 N–H and O–H groups in total. The molecule has 8 heteroatoms. The van der Waals surface area contributed by atoms with Gasteiger partial charge in [-0.1, -0.05) is 5.16 Å². The Bertz CT molecular complexity index is 640. The molecule has 0 aliphatic carbocycles. The Hall–Kier alpha value is -1.93. The maximum atomic E-state index is 13.6. The Morgan fingerprint density at radius 2 is 2.17 bits per heavy atom. The van der Waals surface area contributed by atoms with Crippen LogP contribution < -0.4 is 10.5 Å². The van der Waals surface area contributed by atoms with Crippen LogP contribution in [-0.2, 0) is 16.6 Å². The van der Waals surface area contributed by atoms with Crippen LogP contribution in [0.1, 0.15) is 5.76 Å². The molecule has 0 atom stereocenters. The molecule has 0 amide bonds. The van der Waals surface area contributed by atoms with Gasteiger partial charge in [0.2, 0.25) is 10.0 Å². The highest BCUT2D eigenvalue weighted by atomic mass is 32.2. The topological polar surface area (TPSA) is 98.2 Å². The maximum Gasteiger partial charge on any atom is 0.238 e. The highest BCUT2D eigenvalue weighted by molar-refractivity contribution is 7.89. The van der Waals surface area contributed by atoms with E-state index in [2.05, 4.69) is 10.5 Å². The summed E-state index contributed by atoms with van der Waals surface area (Å²) in [6.07, 6.45) is 1.47. The van der Waals surface area contributed by atoms with Gasteiger partial charge in [0.15, 0.2) is 5.76 Å². The van der Waals surface area contributed by atoms with Gasteiger partial charge >= 0.3 is 0 Å². The summed E-state index contributed by atoms with van der Waals surface area (Å²) >= 11 is 0. The van der Waals surface area contributed by atoms with Crippen molar-refractivity contribution in [1.29, 1.82) is 0 Å². The molecule has 0 bridgehead atoms. The summed E-state index contributed by atoms with van der Waals surface area (Å²) in [6.45, 7) is 0.242. The van der Waals surface area contributed by atoms with Gasteiger partial charge in [0.05, 0.1) is 23.3 Å². The van der Waals surface area contributed by atoms with Crippen molar-refractivity contribution in [3.05, 3.63) is 42.0 Å². The lowest BCUT2D eigenvalue weighted by atomic mass is 10.3. The predicted molar refractivity (Wildman–Crippen MR) is 61.6 cm³/mol. The van der Waals surface area contributed by atoms with Crippen LogP contribution in [-0.4, -0.2) is 13.6 Å². The van der Waals surface area contributed by atoms with E-state index < -0.39 is 15.8 Å². The van der Waals surface area contributed by atoms with E-state index in [0.29, 0.717) is 5.76 Å². The summed E-state index contributed by atoms with van der Waals surface area (Å²) in [7, 11) is -3.90. The van der Waals surface area contributed by atoms with E-state index >= 15 is 0 Å². The first-order valence-electron chi connectivity index (χ1n) is 4.92. The molecule has 0 radical (unpaired) electrons. The fraction of sp³-hybridized carbons (Fsp3) is 0.100. The zero-order valence-electron chi connectivity index (χ0n) is 9.13. The number of anilines is 1. The minimum absolute atomic E-state index is 0.152. The number of nitrogens with two attached hydrogens (primary N) is 1. The van der Waals surface area contributed by atoms with Gasteiger partial charge in [-0.2, -0.15) is 0 Å². The van der Waals surface area contributed by atoms with Gasteiger partial charge in [0.25, 0.3) is 0 Å². The number of benzene rings is 1. The number of rotatable bonds is 4. The average Bonchev–Trinajstić information content (AvgIpc) is 2.79. The van der Waals surface area contributed by atoms with Crippen LogP contribution in [0.3, 0.4) is 0 Å². The van der Waals surface area contributed by atoms with Gasteiger partial charge in [0.1, 0.15) is 5.82 Å². The number of hydrogen-bond donors (Lipinski definition) is 2. The monoisotopic (exact) mass is 271 g/mol. The number of primary sulfonamides is 1. The SMILES string of the molecule is NS(=O)(=O)c1ccc(NCc2ccno2)c(F)c1. The summed E-state index contributed by atoms with van der Waals surface area (Å²) < 4.78 is 40.4. The van der Waals surface area contributed by atoms with Crippen molar-refractivity contribution in [2.24, 2.45) is 5.14 Å². The Morgan fingerprint density at radius 1 is 1.39 bits per heavy atom. The van der Waals surface area contributed by atoms with Gasteiger partial charge in [-0.3, -0.25) is 0 Å². The van der Waals surface area contributed by atoms with Crippen molar-refractivity contribution in [3.63, 3.8) is 0 Å². The van der Waals surface area contributed by atoms with E-state index in [1.54, 1.807) is 6.07 Å². The highest BCUT2D eigenvalue weighted by Crippen LogP contribution is 2.18. The van der Waals surface area contributed by atoms with Crippen LogP contribution in [0.4, 0.5) is 10.1 Å². The largest absolute Gasteiger partial charge is 0.375 e. The molecule has 2 rings (SSSR count). The summed E-state index contributed by atoms with van der Waals surface area (Å²) in [5.41, 5.74) is 0.152. The maximum absolute atomic E-state index is 13.6. The second kappa shape index (κ2) is 4.75. The van der Waals surface area contributed by atoms with Gasteiger partial charge < -0.3 is 9.84 Å². The molecule has 0 saturated carbocycles. The Kier molecular flexibility index (Phi) is 3.30. The van der Waals surface area contributed by atoms with E-state index in [1.807, 2.05) is 0 Å². The zero-order valence-corrected chi connectivity index (χ0v) is 9.95. The number of sulfonamides is 1. The minimum atomic E-state index is -3.90. The van der Waals surface area contributed by atoms with Crippen molar-refractivity contribution in [3.8, 4) is 0 Å². The van der Waals surface area contributed by atoms with Gasteiger partial charge in [-0.15, -0.1) is 0 Å². The van der Waals surface area contributed by atoms with Crippen molar-refractivity contribution in [1.82, 2.24) is 5.16 Å². The number of hydrogen-bond acceptors (Lipinski definition) is 5. The van der Waals surface area contributed by atoms with Crippen molar-refractivity contribution in [2.75, 3.05) is 5.32 Å². The van der Waals surface area contributed by atoms with E-state index in [0.717, 1.165) is 6.07 Å². The molecule has 18 heavy (non-hydrogen) atoms. The fourth-order valence-corrected chi connectivity index (χ4v) is 1.86. The van der Waals surface area contributed by atoms with E-state index in [4.69, 9.17) is 9.66 Å². The summed E-state index contributed by atoms with van der Waals surface area (Å²) in [6, 6.07) is 5.01. The minimum Gasteiger partial charge on any atom is -0.375 e. The zero-order chi connectivity index (χ0) is 13.2. The molecule has 96 valence electrons. The summed E-state index contributed by atoms with van der Waals surface area (Å²) in [4.78, 5) is -0.273. The molecular weight excluding hydrogens is 261 g/mol. The molecule has 0 saturated heterocycles. The Balaban J connectivity index is 2.15. The first-order chi connectivity index (χ1) is 8.47. The molecule has 6 nitrogen and oxygen atoms in total. The molecule has 1 aromatic heterocycles. The van der Waals surface area contributed by atoms with Crippen LogP contribution in [0.25, 0.3) is 0 Å². The molecule has 0 unspecified atom stereocenters. The van der Waals surface area contributed by atoms with Crippen LogP contribution >= 0.6 is 0 Å². The molecule has 0 aliphatic heterocycles. The Labute approximate surface area is 103 Å². The molecule has 0 spiro atoms. The number of aromatic nitrogens is 1. The standard InChI is InChI=1S/C10H10FN3O3S/c11-9-5-8(18(12,15)16)1-2-10(9)13-6-7-3-4-14-17-7/h1-5,13H,6H2,(H2,12,15,16). The average molecular weight is 271 g/mol. The first kappa shape index (κ1) is 12.5. The van der Waals surface area contributed by atoms with E-state index in [-0.39, 0.29) is 17.1 Å². The second-order valence-electron chi connectivity index (χ2n) is 3.52.